The van der Waals surface area contributed by atoms with E-state index in [1.54, 1.807) is 0 Å². The van der Waals surface area contributed by atoms with Gasteiger partial charge in [0.15, 0.2) is 0 Å². The van der Waals surface area contributed by atoms with Gasteiger partial charge in [0, 0.05) is 30.2 Å². The molecule has 18 heavy (non-hydrogen) atoms. The minimum atomic E-state index is 0.106. The third-order valence-corrected chi connectivity index (χ3v) is 4.30. The number of hydrogen-bond acceptors (Lipinski definition) is 2. The number of rotatable bonds is 2. The van der Waals surface area contributed by atoms with Crippen LogP contribution in [0.4, 0.5) is 5.69 Å². The van der Waals surface area contributed by atoms with E-state index in [9.17, 15) is 0 Å². The summed E-state index contributed by atoms with van der Waals surface area (Å²) in [7, 11) is 0. The molecule has 3 rings (SSSR count). The van der Waals surface area contributed by atoms with Gasteiger partial charge in [-0.2, -0.15) is 0 Å². The number of fused-ring (bicyclic) bond motifs is 2. The lowest BCUT2D eigenvalue weighted by Crippen LogP contribution is -2.58. The van der Waals surface area contributed by atoms with Gasteiger partial charge in [-0.15, -0.1) is 0 Å². The van der Waals surface area contributed by atoms with E-state index in [0.29, 0.717) is 5.92 Å². The molecule has 0 atom stereocenters. The molecule has 2 heteroatoms. The Hall–Kier alpha value is -1.70. The van der Waals surface area contributed by atoms with Crippen LogP contribution >= 0.6 is 0 Å². The lowest BCUT2D eigenvalue weighted by molar-refractivity contribution is 0.125. The molecule has 1 saturated heterocycles. The third-order valence-electron chi connectivity index (χ3n) is 4.30. The summed E-state index contributed by atoms with van der Waals surface area (Å²) in [6, 6.07) is 8.54. The number of allylic oxidation sites excluding steroid dienone is 1. The first-order chi connectivity index (χ1) is 8.54. The van der Waals surface area contributed by atoms with Crippen molar-refractivity contribution in [1.82, 2.24) is 4.90 Å². The Morgan fingerprint density at radius 3 is 2.67 bits per heavy atom. The van der Waals surface area contributed by atoms with Crippen molar-refractivity contribution in [3.63, 3.8) is 0 Å². The van der Waals surface area contributed by atoms with Crippen molar-refractivity contribution >= 4 is 5.69 Å². The van der Waals surface area contributed by atoms with Gasteiger partial charge in [-0.05, 0) is 17.5 Å². The maximum Gasteiger partial charge on any atom is 0.0716 e. The minimum Gasteiger partial charge on any atom is -0.372 e. The first-order valence-electron chi connectivity index (χ1n) is 6.54. The molecular formula is C16H20N2. The first-order valence-corrected chi connectivity index (χ1v) is 6.54. The number of hydrogen-bond donors (Lipinski definition) is 1. The van der Waals surface area contributed by atoms with Gasteiger partial charge in [-0.3, -0.25) is 0 Å². The second-order valence-electron chi connectivity index (χ2n) is 5.73. The zero-order valence-electron chi connectivity index (χ0n) is 11.2. The Morgan fingerprint density at radius 1 is 1.33 bits per heavy atom. The van der Waals surface area contributed by atoms with E-state index in [0.717, 1.165) is 18.8 Å². The van der Waals surface area contributed by atoms with E-state index in [-0.39, 0.29) is 5.41 Å². The lowest BCUT2D eigenvalue weighted by Gasteiger charge is -2.51. The zero-order chi connectivity index (χ0) is 12.9. The SMILES string of the molecule is C=C(C(C)C)N1CC2(C1)C(=C)Nc1ccccc12. The van der Waals surface area contributed by atoms with Crippen molar-refractivity contribution in [2.24, 2.45) is 5.92 Å². The van der Waals surface area contributed by atoms with Gasteiger partial charge in [-0.25, -0.2) is 0 Å². The van der Waals surface area contributed by atoms with Crippen LogP contribution in [0.5, 0.6) is 0 Å². The van der Waals surface area contributed by atoms with Crippen LogP contribution in [0.25, 0.3) is 0 Å². The number of nitrogens with zero attached hydrogens (tertiary/aromatic N) is 1. The van der Waals surface area contributed by atoms with Crippen LogP contribution in [-0.2, 0) is 5.41 Å². The van der Waals surface area contributed by atoms with E-state index in [2.05, 4.69) is 61.5 Å². The van der Waals surface area contributed by atoms with E-state index in [4.69, 9.17) is 0 Å². The fraction of sp³-hybridized carbons (Fsp3) is 0.375. The van der Waals surface area contributed by atoms with Crippen molar-refractivity contribution in [3.05, 3.63) is 54.4 Å². The monoisotopic (exact) mass is 240 g/mol. The van der Waals surface area contributed by atoms with Crippen LogP contribution in [0.3, 0.4) is 0 Å². The summed E-state index contributed by atoms with van der Waals surface area (Å²) >= 11 is 0. The smallest absolute Gasteiger partial charge is 0.0716 e. The van der Waals surface area contributed by atoms with Crippen LogP contribution in [0, 0.1) is 5.92 Å². The molecule has 1 aromatic rings. The molecule has 0 amide bonds. The number of para-hydroxylation sites is 1. The molecule has 2 aliphatic heterocycles. The number of benzene rings is 1. The Kier molecular flexibility index (Phi) is 2.31. The fourth-order valence-corrected chi connectivity index (χ4v) is 2.99. The lowest BCUT2D eigenvalue weighted by atomic mass is 9.72. The molecule has 1 fully saturated rings. The van der Waals surface area contributed by atoms with E-state index < -0.39 is 0 Å². The molecule has 0 radical (unpaired) electrons. The zero-order valence-corrected chi connectivity index (χ0v) is 11.2. The van der Waals surface area contributed by atoms with Gasteiger partial charge < -0.3 is 10.2 Å². The number of anilines is 1. The van der Waals surface area contributed by atoms with E-state index in [1.165, 1.54) is 16.9 Å². The fourth-order valence-electron chi connectivity index (χ4n) is 2.99. The normalized spacial score (nSPS) is 19.7. The molecule has 94 valence electrons. The maximum atomic E-state index is 4.22. The Balaban J connectivity index is 1.87. The molecule has 0 unspecified atom stereocenters. The summed E-state index contributed by atoms with van der Waals surface area (Å²) in [6.45, 7) is 14.8. The second-order valence-corrected chi connectivity index (χ2v) is 5.73. The molecule has 0 aliphatic carbocycles. The van der Waals surface area contributed by atoms with E-state index in [1.807, 2.05) is 0 Å². The number of nitrogens with one attached hydrogen (secondary N) is 1. The van der Waals surface area contributed by atoms with Gasteiger partial charge in [0.25, 0.3) is 0 Å². The van der Waals surface area contributed by atoms with Gasteiger partial charge in [0.2, 0.25) is 0 Å². The average molecular weight is 240 g/mol. The molecule has 2 nitrogen and oxygen atoms in total. The highest BCUT2D eigenvalue weighted by molar-refractivity contribution is 5.69. The Bertz CT molecular complexity index is 522. The quantitative estimate of drug-likeness (QED) is 0.853. The molecule has 2 aliphatic rings. The number of likely N-dealkylation sites (tertiary alicyclic amines) is 1. The van der Waals surface area contributed by atoms with Crippen LogP contribution in [0.2, 0.25) is 0 Å². The largest absolute Gasteiger partial charge is 0.372 e. The van der Waals surface area contributed by atoms with Crippen molar-refractivity contribution in [2.75, 3.05) is 18.4 Å². The maximum absolute atomic E-state index is 4.22. The molecule has 0 saturated carbocycles. The Morgan fingerprint density at radius 2 is 2.00 bits per heavy atom. The molecule has 0 aromatic heterocycles. The van der Waals surface area contributed by atoms with Crippen molar-refractivity contribution < 1.29 is 0 Å². The van der Waals surface area contributed by atoms with Crippen molar-refractivity contribution in [3.8, 4) is 0 Å². The summed E-state index contributed by atoms with van der Waals surface area (Å²) in [6.07, 6.45) is 0. The van der Waals surface area contributed by atoms with Gasteiger partial charge in [0.1, 0.15) is 0 Å². The standard InChI is InChI=1S/C16H20N2/c1-11(2)12(3)18-9-16(10-18)13(4)17-15-8-6-5-7-14(15)16/h5-8,11,17H,3-4,9-10H2,1-2H3. The molecular weight excluding hydrogens is 220 g/mol. The third kappa shape index (κ3) is 1.35. The highest BCUT2D eigenvalue weighted by Gasteiger charge is 2.51. The predicted octanol–water partition coefficient (Wildman–Crippen LogP) is 3.35. The van der Waals surface area contributed by atoms with Gasteiger partial charge in [0.05, 0.1) is 5.41 Å². The second kappa shape index (κ2) is 3.64. The molecule has 0 bridgehead atoms. The topological polar surface area (TPSA) is 15.3 Å². The molecule has 1 aromatic carbocycles. The Labute approximate surface area is 109 Å². The highest BCUT2D eigenvalue weighted by atomic mass is 15.2. The predicted molar refractivity (Wildman–Crippen MR) is 76.4 cm³/mol. The van der Waals surface area contributed by atoms with Crippen LogP contribution in [0.15, 0.2) is 48.8 Å². The minimum absolute atomic E-state index is 0.106. The van der Waals surface area contributed by atoms with Gasteiger partial charge >= 0.3 is 0 Å². The van der Waals surface area contributed by atoms with E-state index >= 15 is 0 Å². The van der Waals surface area contributed by atoms with Crippen LogP contribution < -0.4 is 5.32 Å². The summed E-state index contributed by atoms with van der Waals surface area (Å²) < 4.78 is 0. The summed E-state index contributed by atoms with van der Waals surface area (Å²) in [5.41, 5.74) is 5.09. The van der Waals surface area contributed by atoms with Crippen molar-refractivity contribution in [1.29, 1.82) is 0 Å². The van der Waals surface area contributed by atoms with Crippen LogP contribution in [0.1, 0.15) is 19.4 Å². The van der Waals surface area contributed by atoms with Crippen LogP contribution in [-0.4, -0.2) is 18.0 Å². The molecule has 1 spiro atoms. The first kappa shape index (κ1) is 11.4. The van der Waals surface area contributed by atoms with Gasteiger partial charge in [-0.1, -0.05) is 45.2 Å². The summed E-state index contributed by atoms with van der Waals surface area (Å²) in [5, 5.41) is 3.43. The summed E-state index contributed by atoms with van der Waals surface area (Å²) in [4.78, 5) is 2.37. The molecule has 1 N–H and O–H groups in total. The van der Waals surface area contributed by atoms with Crippen molar-refractivity contribution in [2.45, 2.75) is 19.3 Å². The highest BCUT2D eigenvalue weighted by Crippen LogP contribution is 2.49. The average Bonchev–Trinajstić information content (AvgIpc) is 2.58. The molecule has 2 heterocycles. The summed E-state index contributed by atoms with van der Waals surface area (Å²) in [5.74, 6) is 0.514.